The summed E-state index contributed by atoms with van der Waals surface area (Å²) in [5, 5.41) is 15.0. The molecule has 6 nitrogen and oxygen atoms in total. The van der Waals surface area contributed by atoms with Crippen molar-refractivity contribution in [1.82, 2.24) is 30.0 Å². The summed E-state index contributed by atoms with van der Waals surface area (Å²) in [7, 11) is 0. The summed E-state index contributed by atoms with van der Waals surface area (Å²) < 4.78 is 2.03. The summed E-state index contributed by atoms with van der Waals surface area (Å²) in [5.41, 5.74) is -0.0837. The van der Waals surface area contributed by atoms with Crippen LogP contribution in [0.3, 0.4) is 0 Å². The van der Waals surface area contributed by atoms with E-state index in [4.69, 9.17) is 0 Å². The van der Waals surface area contributed by atoms with Gasteiger partial charge in [-0.25, -0.2) is 4.68 Å². The fraction of sp³-hybridized carbons (Fsp3) is 0.706. The molecule has 0 bridgehead atoms. The van der Waals surface area contributed by atoms with Crippen molar-refractivity contribution in [1.29, 1.82) is 0 Å². The number of hydrogen-bond acceptors (Lipinski definition) is 6. The third-order valence-corrected chi connectivity index (χ3v) is 6.13. The van der Waals surface area contributed by atoms with Gasteiger partial charge in [0.2, 0.25) is 0 Å². The molecule has 0 radical (unpaired) electrons. The van der Waals surface area contributed by atoms with Gasteiger partial charge >= 0.3 is 0 Å². The van der Waals surface area contributed by atoms with Crippen LogP contribution in [-0.2, 0) is 5.54 Å². The van der Waals surface area contributed by atoms with Crippen molar-refractivity contribution in [2.45, 2.75) is 45.7 Å². The van der Waals surface area contributed by atoms with Gasteiger partial charge in [-0.3, -0.25) is 4.90 Å². The third-order valence-electron chi connectivity index (χ3n) is 5.21. The highest BCUT2D eigenvalue weighted by Crippen LogP contribution is 2.33. The molecule has 0 aromatic carbocycles. The molecule has 2 aromatic rings. The Morgan fingerprint density at radius 1 is 1.21 bits per heavy atom. The molecule has 0 aliphatic carbocycles. The number of rotatable bonds is 6. The van der Waals surface area contributed by atoms with Crippen molar-refractivity contribution in [2.24, 2.45) is 0 Å². The maximum Gasteiger partial charge on any atom is 0.174 e. The second kappa shape index (κ2) is 7.29. The number of tetrazole rings is 1. The van der Waals surface area contributed by atoms with E-state index in [9.17, 15) is 0 Å². The van der Waals surface area contributed by atoms with Crippen LogP contribution >= 0.6 is 11.3 Å². The molecule has 0 saturated carbocycles. The summed E-state index contributed by atoms with van der Waals surface area (Å²) in [6.07, 6.45) is 0.992. The fourth-order valence-corrected chi connectivity index (χ4v) is 4.06. The molecule has 132 valence electrons. The van der Waals surface area contributed by atoms with E-state index < -0.39 is 0 Å². The van der Waals surface area contributed by atoms with E-state index in [0.717, 1.165) is 45.0 Å². The van der Waals surface area contributed by atoms with Gasteiger partial charge in [0, 0.05) is 31.1 Å². The van der Waals surface area contributed by atoms with E-state index in [-0.39, 0.29) is 11.6 Å². The Labute approximate surface area is 148 Å². The fourth-order valence-electron chi connectivity index (χ4n) is 3.20. The minimum Gasteiger partial charge on any atom is -0.301 e. The standard InChI is InChI=1S/C17H28N6S/c1-5-17(3,4)23-16(18-19-20-23)15(14-8-7-13-24-14)22-11-9-21(6-2)10-12-22/h7-8,13,15H,5-6,9-12H2,1-4H3/t15-/m1/s1. The average Bonchev–Trinajstić information content (AvgIpc) is 3.28. The Morgan fingerprint density at radius 2 is 1.96 bits per heavy atom. The van der Waals surface area contributed by atoms with Gasteiger partial charge in [-0.05, 0) is 48.7 Å². The molecule has 1 fully saturated rings. The summed E-state index contributed by atoms with van der Waals surface area (Å²) >= 11 is 1.79. The highest BCUT2D eigenvalue weighted by Gasteiger charge is 2.34. The van der Waals surface area contributed by atoms with E-state index in [2.05, 4.69) is 70.5 Å². The largest absolute Gasteiger partial charge is 0.301 e. The smallest absolute Gasteiger partial charge is 0.174 e. The Hall–Kier alpha value is -1.31. The van der Waals surface area contributed by atoms with Crippen molar-refractivity contribution < 1.29 is 0 Å². The molecule has 7 heteroatoms. The Balaban J connectivity index is 1.95. The number of hydrogen-bond donors (Lipinski definition) is 0. The lowest BCUT2D eigenvalue weighted by Gasteiger charge is -2.38. The molecule has 1 aliphatic heterocycles. The van der Waals surface area contributed by atoms with E-state index >= 15 is 0 Å². The molecule has 3 rings (SSSR count). The highest BCUT2D eigenvalue weighted by atomic mass is 32.1. The van der Waals surface area contributed by atoms with Crippen LogP contribution in [-0.4, -0.2) is 62.7 Å². The predicted molar refractivity (Wildman–Crippen MR) is 97.3 cm³/mol. The van der Waals surface area contributed by atoms with Gasteiger partial charge in [-0.1, -0.05) is 19.9 Å². The second-order valence-corrected chi connectivity index (χ2v) is 7.98. The first-order chi connectivity index (χ1) is 11.6. The van der Waals surface area contributed by atoms with E-state index in [0.29, 0.717) is 0 Å². The molecule has 0 amide bonds. The minimum absolute atomic E-state index is 0.0837. The number of likely N-dealkylation sites (N-methyl/N-ethyl adjacent to an activating group) is 1. The summed E-state index contributed by atoms with van der Waals surface area (Å²) in [5.74, 6) is 0.967. The van der Waals surface area contributed by atoms with Gasteiger partial charge in [0.1, 0.15) is 6.04 Å². The topological polar surface area (TPSA) is 50.1 Å². The van der Waals surface area contributed by atoms with E-state index in [1.807, 2.05) is 4.68 Å². The van der Waals surface area contributed by atoms with Crippen LogP contribution in [0.2, 0.25) is 0 Å². The zero-order chi connectivity index (χ0) is 17.2. The van der Waals surface area contributed by atoms with Crippen LogP contribution in [0.4, 0.5) is 0 Å². The van der Waals surface area contributed by atoms with Crippen LogP contribution in [0.1, 0.15) is 50.9 Å². The van der Waals surface area contributed by atoms with Crippen LogP contribution in [0.5, 0.6) is 0 Å². The van der Waals surface area contributed by atoms with Crippen LogP contribution in [0.15, 0.2) is 17.5 Å². The monoisotopic (exact) mass is 348 g/mol. The zero-order valence-electron chi connectivity index (χ0n) is 15.1. The summed E-state index contributed by atoms with van der Waals surface area (Å²) in [6.45, 7) is 14.3. The van der Waals surface area contributed by atoms with Crippen LogP contribution in [0, 0.1) is 0 Å². The first-order valence-corrected chi connectivity index (χ1v) is 9.73. The molecule has 0 spiro atoms. The van der Waals surface area contributed by atoms with Crippen molar-refractivity contribution in [3.05, 3.63) is 28.2 Å². The first kappa shape index (κ1) is 17.5. The van der Waals surface area contributed by atoms with Crippen molar-refractivity contribution >= 4 is 11.3 Å². The summed E-state index contributed by atoms with van der Waals surface area (Å²) in [6, 6.07) is 4.47. The molecule has 1 saturated heterocycles. The molecule has 1 atom stereocenters. The lowest BCUT2D eigenvalue weighted by Crippen LogP contribution is -2.48. The van der Waals surface area contributed by atoms with Gasteiger partial charge < -0.3 is 4.90 Å². The van der Waals surface area contributed by atoms with Crippen molar-refractivity contribution in [2.75, 3.05) is 32.7 Å². The number of piperazine rings is 1. The molecule has 2 aromatic heterocycles. The van der Waals surface area contributed by atoms with Gasteiger partial charge in [-0.2, -0.15) is 0 Å². The highest BCUT2D eigenvalue weighted by molar-refractivity contribution is 7.10. The Kier molecular flexibility index (Phi) is 5.32. The third kappa shape index (κ3) is 3.38. The van der Waals surface area contributed by atoms with Gasteiger partial charge in [0.05, 0.1) is 5.54 Å². The lowest BCUT2D eigenvalue weighted by molar-refractivity contribution is 0.106. The van der Waals surface area contributed by atoms with Gasteiger partial charge in [0.25, 0.3) is 0 Å². The maximum atomic E-state index is 4.45. The molecule has 24 heavy (non-hydrogen) atoms. The number of thiophene rings is 1. The molecule has 0 N–H and O–H groups in total. The van der Waals surface area contributed by atoms with Crippen molar-refractivity contribution in [3.8, 4) is 0 Å². The zero-order valence-corrected chi connectivity index (χ0v) is 16.0. The van der Waals surface area contributed by atoms with Gasteiger partial charge in [-0.15, -0.1) is 16.4 Å². The quantitative estimate of drug-likeness (QED) is 0.803. The van der Waals surface area contributed by atoms with Gasteiger partial charge in [0.15, 0.2) is 5.82 Å². The summed E-state index contributed by atoms with van der Waals surface area (Å²) in [4.78, 5) is 6.36. The van der Waals surface area contributed by atoms with Crippen LogP contribution in [0.25, 0.3) is 0 Å². The molecule has 0 unspecified atom stereocenters. The van der Waals surface area contributed by atoms with E-state index in [1.54, 1.807) is 11.3 Å². The molecular weight excluding hydrogens is 320 g/mol. The average molecular weight is 349 g/mol. The van der Waals surface area contributed by atoms with Crippen molar-refractivity contribution in [3.63, 3.8) is 0 Å². The maximum absolute atomic E-state index is 4.45. The number of nitrogens with zero attached hydrogens (tertiary/aromatic N) is 6. The molecule has 3 heterocycles. The molecular formula is C17H28N6S. The predicted octanol–water partition coefficient (Wildman–Crippen LogP) is 2.61. The Morgan fingerprint density at radius 3 is 2.54 bits per heavy atom. The first-order valence-electron chi connectivity index (χ1n) is 8.85. The second-order valence-electron chi connectivity index (χ2n) is 7.00. The van der Waals surface area contributed by atoms with E-state index in [1.165, 1.54) is 4.88 Å². The SMILES string of the molecule is CCN1CCN([C@H](c2cccs2)c2nnnn2C(C)(C)CC)CC1. The Bertz CT molecular complexity index is 627. The normalized spacial score (nSPS) is 18.8. The minimum atomic E-state index is -0.0837. The number of aromatic nitrogens is 4. The lowest BCUT2D eigenvalue weighted by atomic mass is 10.0. The van der Waals surface area contributed by atoms with Crippen LogP contribution < -0.4 is 0 Å². The molecule has 1 aliphatic rings.